The first-order valence-corrected chi connectivity index (χ1v) is 11.2. The number of carbonyl (C=O) groups is 4. The van der Waals surface area contributed by atoms with Crippen LogP contribution in [0.15, 0.2) is 54.6 Å². The molecule has 0 aliphatic heterocycles. The normalized spacial score (nSPS) is 11.6. The fourth-order valence-corrected chi connectivity index (χ4v) is 2.67. The second-order valence-corrected chi connectivity index (χ2v) is 8.58. The maximum atomic E-state index is 12.2. The molecule has 11 heteroatoms. The molecule has 11 nitrogen and oxygen atoms in total. The zero-order valence-corrected chi connectivity index (χ0v) is 20.4. The quantitative estimate of drug-likeness (QED) is 0.146. The van der Waals surface area contributed by atoms with Crippen molar-refractivity contribution in [2.45, 2.75) is 45.6 Å². The summed E-state index contributed by atoms with van der Waals surface area (Å²) in [7, 11) is 0. The van der Waals surface area contributed by atoms with Crippen LogP contribution in [0.4, 0.5) is 9.59 Å². The van der Waals surface area contributed by atoms with Crippen LogP contribution in [0, 0.1) is 0 Å². The molecule has 0 bridgehead atoms. The summed E-state index contributed by atoms with van der Waals surface area (Å²) >= 11 is 0. The molecule has 0 aliphatic carbocycles. The zero-order chi connectivity index (χ0) is 26.6. The Morgan fingerprint density at radius 1 is 0.944 bits per heavy atom. The van der Waals surface area contributed by atoms with Crippen molar-refractivity contribution in [2.24, 2.45) is 5.73 Å². The molecule has 2 aromatic carbocycles. The van der Waals surface area contributed by atoms with Crippen molar-refractivity contribution in [1.29, 1.82) is 0 Å². The first kappa shape index (κ1) is 28.1. The summed E-state index contributed by atoms with van der Waals surface area (Å²) in [5, 5.41) is 4.86. The highest BCUT2D eigenvalue weighted by atomic mass is 16.6. The van der Waals surface area contributed by atoms with E-state index in [2.05, 4.69) is 10.6 Å². The maximum Gasteiger partial charge on any atom is 0.408 e. The van der Waals surface area contributed by atoms with Gasteiger partial charge in [0.25, 0.3) is 0 Å². The van der Waals surface area contributed by atoms with Gasteiger partial charge in [0.05, 0.1) is 24.7 Å². The zero-order valence-electron chi connectivity index (χ0n) is 20.4. The summed E-state index contributed by atoms with van der Waals surface area (Å²) in [6.45, 7) is 5.74. The average molecular weight is 502 g/mol. The molecule has 1 atom stereocenters. The highest BCUT2D eigenvalue weighted by Crippen LogP contribution is 2.13. The van der Waals surface area contributed by atoms with E-state index in [1.54, 1.807) is 32.9 Å². The van der Waals surface area contributed by atoms with Crippen LogP contribution in [-0.2, 0) is 25.6 Å². The van der Waals surface area contributed by atoms with Crippen LogP contribution in [0.2, 0.25) is 0 Å². The first-order valence-electron chi connectivity index (χ1n) is 11.2. The Bertz CT molecular complexity index is 1020. The third kappa shape index (κ3) is 11.3. The largest absolute Gasteiger partial charge is 0.492 e. The van der Waals surface area contributed by atoms with Crippen LogP contribution in [0.1, 0.15) is 43.1 Å². The molecular formula is C25H31N3O8. The summed E-state index contributed by atoms with van der Waals surface area (Å²) in [4.78, 5) is 47.6. The van der Waals surface area contributed by atoms with Crippen LogP contribution >= 0.6 is 0 Å². The number of alkyl carbamates (subject to hydrolysis) is 2. The second kappa shape index (κ2) is 13.7. The molecule has 0 saturated heterocycles. The predicted molar refractivity (Wildman–Crippen MR) is 129 cm³/mol. The number of benzene rings is 2. The molecule has 2 amide bonds. The summed E-state index contributed by atoms with van der Waals surface area (Å²) in [5.74, 6) is -1.34. The first-order chi connectivity index (χ1) is 17.0. The van der Waals surface area contributed by atoms with Gasteiger partial charge in [0.1, 0.15) is 24.6 Å². The number of ether oxygens (including phenoxy) is 4. The lowest BCUT2D eigenvalue weighted by Gasteiger charge is -2.19. The van der Waals surface area contributed by atoms with Crippen molar-refractivity contribution in [2.75, 3.05) is 13.2 Å². The van der Waals surface area contributed by atoms with Crippen LogP contribution in [-0.4, -0.2) is 49.0 Å². The molecule has 0 fully saturated rings. The molecule has 36 heavy (non-hydrogen) atoms. The van der Waals surface area contributed by atoms with Crippen LogP contribution < -0.4 is 21.1 Å². The van der Waals surface area contributed by atoms with E-state index in [0.29, 0.717) is 5.75 Å². The lowest BCUT2D eigenvalue weighted by atomic mass is 10.2. The number of nitrogens with one attached hydrogen (secondary N) is 2. The summed E-state index contributed by atoms with van der Waals surface area (Å²) in [5.41, 5.74) is 6.03. The van der Waals surface area contributed by atoms with Crippen molar-refractivity contribution in [3.8, 4) is 5.75 Å². The summed E-state index contributed by atoms with van der Waals surface area (Å²) < 4.78 is 20.4. The maximum absolute atomic E-state index is 12.2. The van der Waals surface area contributed by atoms with Gasteiger partial charge in [-0.1, -0.05) is 30.3 Å². The highest BCUT2D eigenvalue weighted by molar-refractivity contribution is 5.97. The Hall–Kier alpha value is -4.12. The van der Waals surface area contributed by atoms with Crippen LogP contribution in [0.25, 0.3) is 0 Å². The summed E-state index contributed by atoms with van der Waals surface area (Å²) in [6, 6.07) is 14.9. The molecule has 0 saturated carbocycles. The van der Waals surface area contributed by atoms with E-state index in [1.807, 2.05) is 18.2 Å². The number of nitrogens with two attached hydrogens (primary N) is 1. The molecule has 194 valence electrons. The van der Waals surface area contributed by atoms with E-state index in [1.165, 1.54) is 24.3 Å². The van der Waals surface area contributed by atoms with Crippen molar-refractivity contribution in [3.05, 3.63) is 65.7 Å². The number of esters is 2. The molecule has 0 aliphatic rings. The topological polar surface area (TPSA) is 155 Å². The van der Waals surface area contributed by atoms with Gasteiger partial charge in [-0.05, 0) is 50.6 Å². The number of rotatable bonds is 10. The van der Waals surface area contributed by atoms with E-state index < -0.39 is 42.3 Å². The number of hydrogen-bond donors (Lipinski definition) is 3. The van der Waals surface area contributed by atoms with E-state index in [4.69, 9.17) is 24.7 Å². The van der Waals surface area contributed by atoms with Crippen molar-refractivity contribution < 1.29 is 38.1 Å². The minimum absolute atomic E-state index is 0.0439. The molecule has 0 unspecified atom stereocenters. The summed E-state index contributed by atoms with van der Waals surface area (Å²) in [6.07, 6.45) is -2.88. The number of hydrogen-bond acceptors (Lipinski definition) is 9. The Kier molecular flexibility index (Phi) is 10.7. The SMILES string of the molecule is CC(C)(C)OC(=O)NCCOc1ccc(C(=O)OC(=O)C[C@@H](N)NC(=O)OCc2ccccc2)cc1. The van der Waals surface area contributed by atoms with E-state index in [0.717, 1.165) is 5.56 Å². The third-order valence-corrected chi connectivity index (χ3v) is 4.24. The number of carbonyl (C=O) groups excluding carboxylic acids is 4. The van der Waals surface area contributed by atoms with Crippen molar-refractivity contribution in [1.82, 2.24) is 10.6 Å². The van der Waals surface area contributed by atoms with Gasteiger partial charge in [0.2, 0.25) is 0 Å². The van der Waals surface area contributed by atoms with E-state index in [-0.39, 0.29) is 25.3 Å². The smallest absolute Gasteiger partial charge is 0.408 e. The molecule has 2 aromatic rings. The molecular weight excluding hydrogens is 470 g/mol. The predicted octanol–water partition coefficient (Wildman–Crippen LogP) is 2.87. The average Bonchev–Trinajstić information content (AvgIpc) is 2.80. The minimum atomic E-state index is -1.10. The molecule has 0 spiro atoms. The van der Waals surface area contributed by atoms with E-state index in [9.17, 15) is 19.2 Å². The Labute approximate surface area is 209 Å². The van der Waals surface area contributed by atoms with Gasteiger partial charge in [0.15, 0.2) is 0 Å². The fourth-order valence-electron chi connectivity index (χ4n) is 2.67. The Morgan fingerprint density at radius 3 is 2.25 bits per heavy atom. The highest BCUT2D eigenvalue weighted by Gasteiger charge is 2.18. The second-order valence-electron chi connectivity index (χ2n) is 8.58. The van der Waals surface area contributed by atoms with Gasteiger partial charge >= 0.3 is 24.1 Å². The monoisotopic (exact) mass is 501 g/mol. The van der Waals surface area contributed by atoms with Crippen molar-refractivity contribution in [3.63, 3.8) is 0 Å². The van der Waals surface area contributed by atoms with Gasteiger partial charge in [-0.2, -0.15) is 0 Å². The van der Waals surface area contributed by atoms with Crippen LogP contribution in [0.3, 0.4) is 0 Å². The fraction of sp³-hybridized carbons (Fsp3) is 0.360. The lowest BCUT2D eigenvalue weighted by molar-refractivity contribution is -0.138. The molecule has 4 N–H and O–H groups in total. The van der Waals surface area contributed by atoms with Gasteiger partial charge < -0.3 is 35.3 Å². The third-order valence-electron chi connectivity index (χ3n) is 4.24. The minimum Gasteiger partial charge on any atom is -0.492 e. The van der Waals surface area contributed by atoms with Gasteiger partial charge in [-0.15, -0.1) is 0 Å². The molecule has 0 aromatic heterocycles. The standard InChI is InChI=1S/C25H31N3O8/c1-25(2,3)36-23(31)27-13-14-33-19-11-9-18(10-12-19)22(30)35-21(29)15-20(26)28-24(32)34-16-17-7-5-4-6-8-17/h4-12,20H,13-16,26H2,1-3H3,(H,27,31)(H,28,32)/t20-/m0/s1. The van der Waals surface area contributed by atoms with Gasteiger partial charge in [0, 0.05) is 0 Å². The van der Waals surface area contributed by atoms with E-state index >= 15 is 0 Å². The molecule has 0 heterocycles. The molecule has 0 radical (unpaired) electrons. The lowest BCUT2D eigenvalue weighted by Crippen LogP contribution is -2.43. The van der Waals surface area contributed by atoms with Gasteiger partial charge in [-0.3, -0.25) is 4.79 Å². The Balaban J connectivity index is 1.67. The number of amides is 2. The van der Waals surface area contributed by atoms with Gasteiger partial charge in [-0.25, -0.2) is 14.4 Å². The van der Waals surface area contributed by atoms with Crippen molar-refractivity contribution >= 4 is 24.1 Å². The van der Waals surface area contributed by atoms with Crippen LogP contribution in [0.5, 0.6) is 5.75 Å². The molecule has 2 rings (SSSR count). The Morgan fingerprint density at radius 2 is 1.61 bits per heavy atom.